The zero-order valence-electron chi connectivity index (χ0n) is 15.1. The predicted octanol–water partition coefficient (Wildman–Crippen LogP) is 6.43. The molecule has 2 aromatic rings. The summed E-state index contributed by atoms with van der Waals surface area (Å²) >= 11 is 0. The molecular formula is C20H22N4O2. The molecule has 26 heavy (non-hydrogen) atoms. The molecule has 6 heteroatoms. The number of benzene rings is 2. The summed E-state index contributed by atoms with van der Waals surface area (Å²) in [5.41, 5.74) is 2.55. The summed E-state index contributed by atoms with van der Waals surface area (Å²) in [5, 5.41) is 14.1. The van der Waals surface area contributed by atoms with E-state index in [-0.39, 0.29) is 11.8 Å². The molecular weight excluding hydrogens is 328 g/mol. The summed E-state index contributed by atoms with van der Waals surface area (Å²) in [7, 11) is 0. The van der Waals surface area contributed by atoms with Crippen LogP contribution in [0.25, 0.3) is 0 Å². The molecule has 0 bridgehead atoms. The second-order valence-electron chi connectivity index (χ2n) is 5.75. The number of azo groups is 2. The van der Waals surface area contributed by atoms with Gasteiger partial charge in [0, 0.05) is 0 Å². The fraction of sp³-hybridized carbons (Fsp3) is 0.300. The molecule has 0 fully saturated rings. The van der Waals surface area contributed by atoms with E-state index in [9.17, 15) is 9.59 Å². The van der Waals surface area contributed by atoms with Gasteiger partial charge >= 0.3 is 0 Å². The summed E-state index contributed by atoms with van der Waals surface area (Å²) in [6.07, 6.45) is 5.54. The first kappa shape index (κ1) is 19.3. The van der Waals surface area contributed by atoms with E-state index in [4.69, 9.17) is 0 Å². The number of hydrogen-bond donors (Lipinski definition) is 0. The molecule has 2 aliphatic heterocycles. The fourth-order valence-electron chi connectivity index (χ4n) is 2.29. The number of hydrogen-bond acceptors (Lipinski definition) is 4. The summed E-state index contributed by atoms with van der Waals surface area (Å²) < 4.78 is 0. The highest BCUT2D eigenvalue weighted by molar-refractivity contribution is 6.02. The molecule has 4 rings (SSSR count). The highest BCUT2D eigenvalue weighted by Crippen LogP contribution is 2.25. The van der Waals surface area contributed by atoms with Gasteiger partial charge in [-0.3, -0.25) is 9.59 Å². The van der Waals surface area contributed by atoms with E-state index < -0.39 is 0 Å². The number of amides is 2. The van der Waals surface area contributed by atoms with Crippen molar-refractivity contribution in [1.82, 2.24) is 0 Å². The zero-order chi connectivity index (χ0) is 18.8. The molecule has 0 saturated carbocycles. The van der Waals surface area contributed by atoms with Gasteiger partial charge in [-0.05, 0) is 24.3 Å². The summed E-state index contributed by atoms with van der Waals surface area (Å²) in [6.45, 7) is 4.46. The Morgan fingerprint density at radius 2 is 1.00 bits per heavy atom. The molecule has 2 heterocycles. The normalized spacial score (nSPS) is 12.7. The minimum atomic E-state index is -0.240. The minimum absolute atomic E-state index is 0.240. The van der Waals surface area contributed by atoms with Crippen molar-refractivity contribution in [3.63, 3.8) is 0 Å². The first-order valence-electron chi connectivity index (χ1n) is 8.77. The van der Waals surface area contributed by atoms with Crippen molar-refractivity contribution in [2.75, 3.05) is 0 Å². The number of carbonyl (C=O) groups excluding carboxylic acids is 2. The second-order valence-corrected chi connectivity index (χ2v) is 5.75. The zero-order valence-corrected chi connectivity index (χ0v) is 15.1. The first-order valence-corrected chi connectivity index (χ1v) is 8.77. The van der Waals surface area contributed by atoms with Gasteiger partial charge in [0.2, 0.25) is 0 Å². The van der Waals surface area contributed by atoms with Gasteiger partial charge < -0.3 is 0 Å². The van der Waals surface area contributed by atoms with Crippen LogP contribution in [0.3, 0.4) is 0 Å². The SMILES string of the molecule is CCCCCC.O=C1N=Nc2ccccc21.O=C1N=Nc2ccccc21. The third kappa shape index (κ3) is 5.24. The van der Waals surface area contributed by atoms with Crippen LogP contribution in [0.1, 0.15) is 60.2 Å². The lowest BCUT2D eigenvalue weighted by Crippen LogP contribution is -1.86. The Labute approximate surface area is 153 Å². The van der Waals surface area contributed by atoms with Gasteiger partial charge in [-0.2, -0.15) is 0 Å². The maximum absolute atomic E-state index is 10.8. The first-order chi connectivity index (χ1) is 12.7. The molecule has 0 atom stereocenters. The summed E-state index contributed by atoms with van der Waals surface area (Å²) in [6, 6.07) is 14.2. The lowest BCUT2D eigenvalue weighted by molar-refractivity contribution is 0.0994. The average Bonchev–Trinajstić information content (AvgIpc) is 3.25. The fourth-order valence-corrected chi connectivity index (χ4v) is 2.29. The predicted molar refractivity (Wildman–Crippen MR) is 100 cm³/mol. The quantitative estimate of drug-likeness (QED) is 0.597. The molecule has 2 amide bonds. The molecule has 2 aromatic carbocycles. The van der Waals surface area contributed by atoms with Crippen LogP contribution in [0.2, 0.25) is 0 Å². The maximum Gasteiger partial charge on any atom is 0.297 e. The van der Waals surface area contributed by atoms with Gasteiger partial charge in [0.15, 0.2) is 0 Å². The Balaban J connectivity index is 0.000000146. The topological polar surface area (TPSA) is 83.6 Å². The van der Waals surface area contributed by atoms with Crippen LogP contribution in [-0.4, -0.2) is 11.8 Å². The Hall–Kier alpha value is -3.02. The van der Waals surface area contributed by atoms with Crippen LogP contribution in [-0.2, 0) is 0 Å². The molecule has 0 spiro atoms. The third-order valence-corrected chi connectivity index (χ3v) is 3.72. The number of fused-ring (bicyclic) bond motifs is 2. The highest BCUT2D eigenvalue weighted by Gasteiger charge is 2.15. The Kier molecular flexibility index (Phi) is 7.49. The summed E-state index contributed by atoms with van der Waals surface area (Å²) in [5.74, 6) is -0.480. The third-order valence-electron chi connectivity index (χ3n) is 3.72. The molecule has 134 valence electrons. The van der Waals surface area contributed by atoms with E-state index >= 15 is 0 Å². The van der Waals surface area contributed by atoms with Gasteiger partial charge in [-0.1, -0.05) is 63.8 Å². The van der Waals surface area contributed by atoms with Crippen molar-refractivity contribution in [3.8, 4) is 0 Å². The van der Waals surface area contributed by atoms with Crippen LogP contribution in [0.4, 0.5) is 11.4 Å². The van der Waals surface area contributed by atoms with Crippen LogP contribution in [0, 0.1) is 0 Å². The number of rotatable bonds is 3. The van der Waals surface area contributed by atoms with Crippen LogP contribution < -0.4 is 0 Å². The molecule has 0 unspecified atom stereocenters. The van der Waals surface area contributed by atoms with Crippen molar-refractivity contribution in [2.24, 2.45) is 20.5 Å². The summed E-state index contributed by atoms with van der Waals surface area (Å²) in [4.78, 5) is 21.6. The monoisotopic (exact) mass is 350 g/mol. The highest BCUT2D eigenvalue weighted by atomic mass is 16.2. The standard InChI is InChI=1S/2C7H4N2O.C6H14/c2*10-7-5-3-1-2-4-6(5)8-9-7;1-3-5-6-4-2/h2*1-4H;3-6H2,1-2H3. The number of carbonyl (C=O) groups is 2. The smallest absolute Gasteiger partial charge is 0.265 e. The van der Waals surface area contributed by atoms with Crippen molar-refractivity contribution < 1.29 is 9.59 Å². The molecule has 0 N–H and O–H groups in total. The van der Waals surface area contributed by atoms with Crippen LogP contribution in [0.5, 0.6) is 0 Å². The van der Waals surface area contributed by atoms with E-state index in [0.29, 0.717) is 22.5 Å². The van der Waals surface area contributed by atoms with Gasteiger partial charge in [0.05, 0.1) is 22.5 Å². The number of unbranched alkanes of at least 4 members (excludes halogenated alkanes) is 3. The molecule has 0 aliphatic carbocycles. The lowest BCUT2D eigenvalue weighted by atomic mass is 10.2. The maximum atomic E-state index is 10.8. The van der Waals surface area contributed by atoms with Crippen molar-refractivity contribution >= 4 is 23.2 Å². The van der Waals surface area contributed by atoms with Crippen molar-refractivity contribution in [2.45, 2.75) is 39.5 Å². The van der Waals surface area contributed by atoms with Gasteiger partial charge in [-0.25, -0.2) is 0 Å². The van der Waals surface area contributed by atoms with E-state index in [0.717, 1.165) is 0 Å². The van der Waals surface area contributed by atoms with E-state index in [1.807, 2.05) is 12.1 Å². The largest absolute Gasteiger partial charge is 0.297 e. The molecule has 6 nitrogen and oxygen atoms in total. The Morgan fingerprint density at radius 3 is 1.35 bits per heavy atom. The van der Waals surface area contributed by atoms with Crippen molar-refractivity contribution in [3.05, 3.63) is 59.7 Å². The van der Waals surface area contributed by atoms with E-state index in [1.54, 1.807) is 36.4 Å². The van der Waals surface area contributed by atoms with Crippen molar-refractivity contribution in [1.29, 1.82) is 0 Å². The Morgan fingerprint density at radius 1 is 0.615 bits per heavy atom. The van der Waals surface area contributed by atoms with E-state index in [2.05, 4.69) is 34.3 Å². The number of nitrogens with zero attached hydrogens (tertiary/aromatic N) is 4. The Bertz CT molecular complexity index is 759. The van der Waals surface area contributed by atoms with Gasteiger partial charge in [0.1, 0.15) is 0 Å². The lowest BCUT2D eigenvalue weighted by Gasteiger charge is -1.87. The second kappa shape index (κ2) is 10.1. The van der Waals surface area contributed by atoms with Crippen LogP contribution in [0.15, 0.2) is 69.0 Å². The molecule has 0 radical (unpaired) electrons. The minimum Gasteiger partial charge on any atom is -0.265 e. The molecule has 0 aromatic heterocycles. The van der Waals surface area contributed by atoms with Crippen LogP contribution >= 0.6 is 0 Å². The van der Waals surface area contributed by atoms with E-state index in [1.165, 1.54) is 25.7 Å². The average molecular weight is 350 g/mol. The molecule has 2 aliphatic rings. The van der Waals surface area contributed by atoms with Gasteiger partial charge in [0.25, 0.3) is 11.8 Å². The molecule has 0 saturated heterocycles. The van der Waals surface area contributed by atoms with Gasteiger partial charge in [-0.15, -0.1) is 20.5 Å².